The van der Waals surface area contributed by atoms with Gasteiger partial charge in [0.05, 0.1) is 35.3 Å². The van der Waals surface area contributed by atoms with E-state index in [2.05, 4.69) is 25.0 Å². The predicted molar refractivity (Wildman–Crippen MR) is 123 cm³/mol. The molecule has 2 heterocycles. The number of aromatic nitrogens is 3. The monoisotopic (exact) mass is 478 g/mol. The van der Waals surface area contributed by atoms with E-state index in [-0.39, 0.29) is 35.4 Å². The fraction of sp³-hybridized carbons (Fsp3) is 0.200. The van der Waals surface area contributed by atoms with Crippen LogP contribution in [0.2, 0.25) is 0 Å². The number of hydrogen-bond acceptors (Lipinski definition) is 8. The Morgan fingerprint density at radius 2 is 1.91 bits per heavy atom. The summed E-state index contributed by atoms with van der Waals surface area (Å²) < 4.78 is 32.3. The minimum Gasteiger partial charge on any atom is -0.382 e. The Bertz CT molecular complexity index is 1140. The van der Waals surface area contributed by atoms with Crippen LogP contribution in [0.3, 0.4) is 0 Å². The number of pyridine rings is 1. The number of nitrogens with one attached hydrogen (secondary N) is 2. The van der Waals surface area contributed by atoms with Gasteiger partial charge in [0.25, 0.3) is 5.91 Å². The highest BCUT2D eigenvalue weighted by atomic mass is 35.5. The van der Waals surface area contributed by atoms with E-state index >= 15 is 0 Å². The lowest BCUT2D eigenvalue weighted by atomic mass is 10.1. The second kappa shape index (κ2) is 11.5. The second-order valence-corrected chi connectivity index (χ2v) is 8.07. The van der Waals surface area contributed by atoms with Gasteiger partial charge in [-0.2, -0.15) is 0 Å². The lowest BCUT2D eigenvalue weighted by molar-refractivity contribution is 0.102. The summed E-state index contributed by atoms with van der Waals surface area (Å²) in [5, 5.41) is 2.65. The molecule has 12 heteroatoms. The molecule has 0 saturated heterocycles. The van der Waals surface area contributed by atoms with Crippen molar-refractivity contribution in [1.82, 2.24) is 19.7 Å². The Hall–Kier alpha value is -3.12. The smallest absolute Gasteiger partial charge is 0.278 e. The molecule has 170 valence electrons. The molecule has 0 unspecified atom stereocenters. The third-order valence-electron chi connectivity index (χ3n) is 4.14. The largest absolute Gasteiger partial charge is 0.382 e. The third kappa shape index (κ3) is 6.44. The van der Waals surface area contributed by atoms with Gasteiger partial charge in [-0.15, -0.1) is 12.4 Å². The van der Waals surface area contributed by atoms with E-state index in [1.807, 2.05) is 6.92 Å². The first-order valence-electron chi connectivity index (χ1n) is 9.42. The molecular weight excluding hydrogens is 456 g/mol. The Kier molecular flexibility index (Phi) is 9.02. The zero-order valence-corrected chi connectivity index (χ0v) is 18.8. The van der Waals surface area contributed by atoms with E-state index in [0.29, 0.717) is 30.2 Å². The third-order valence-corrected chi connectivity index (χ3v) is 5.62. The van der Waals surface area contributed by atoms with Crippen molar-refractivity contribution in [2.45, 2.75) is 11.8 Å². The molecule has 0 aliphatic heterocycles. The molecule has 3 rings (SSSR count). The molecule has 2 aromatic heterocycles. The molecule has 0 fully saturated rings. The van der Waals surface area contributed by atoms with Crippen LogP contribution < -0.4 is 15.8 Å². The van der Waals surface area contributed by atoms with Crippen LogP contribution in [-0.2, 0) is 14.8 Å². The molecule has 0 saturated carbocycles. The fourth-order valence-corrected chi connectivity index (χ4v) is 3.63. The molecule has 0 spiro atoms. The van der Waals surface area contributed by atoms with Crippen molar-refractivity contribution < 1.29 is 17.9 Å². The van der Waals surface area contributed by atoms with E-state index < -0.39 is 15.9 Å². The van der Waals surface area contributed by atoms with Crippen LogP contribution >= 0.6 is 12.4 Å². The van der Waals surface area contributed by atoms with Gasteiger partial charge >= 0.3 is 0 Å². The number of anilines is 2. The van der Waals surface area contributed by atoms with Crippen molar-refractivity contribution in [2.24, 2.45) is 0 Å². The number of sulfonamides is 1. The van der Waals surface area contributed by atoms with Gasteiger partial charge in [0.1, 0.15) is 0 Å². The van der Waals surface area contributed by atoms with Crippen molar-refractivity contribution in [1.29, 1.82) is 0 Å². The summed E-state index contributed by atoms with van der Waals surface area (Å²) in [7, 11) is -3.66. The molecular formula is C20H23ClN6O4S. The van der Waals surface area contributed by atoms with Gasteiger partial charge in [0.2, 0.25) is 10.0 Å². The SMILES string of the molecule is CCOCCNS(=O)(=O)c1ccc(-c2cnc(N)c(C(=O)Nc3cccnc3)n2)cc1.Cl. The lowest BCUT2D eigenvalue weighted by Crippen LogP contribution is -2.27. The Morgan fingerprint density at radius 1 is 1.16 bits per heavy atom. The lowest BCUT2D eigenvalue weighted by Gasteiger charge is -2.09. The number of halogens is 1. The Labute approximate surface area is 192 Å². The molecule has 32 heavy (non-hydrogen) atoms. The number of nitrogens with zero attached hydrogens (tertiary/aromatic N) is 3. The molecule has 0 aliphatic carbocycles. The van der Waals surface area contributed by atoms with Crippen molar-refractivity contribution >= 4 is 39.8 Å². The number of ether oxygens (including phenoxy) is 1. The Balaban J connectivity index is 0.00000363. The number of benzene rings is 1. The molecule has 3 aromatic rings. The van der Waals surface area contributed by atoms with E-state index in [9.17, 15) is 13.2 Å². The predicted octanol–water partition coefficient (Wildman–Crippen LogP) is 2.11. The Morgan fingerprint density at radius 3 is 2.56 bits per heavy atom. The number of carbonyl (C=O) groups excluding carboxylic acids is 1. The minimum absolute atomic E-state index is 0. The standard InChI is InChI=1S/C20H22N6O4S.ClH/c1-2-30-11-10-24-31(28,29)16-7-5-14(6-8-16)17-13-23-19(21)18(26-17)20(27)25-15-4-3-9-22-12-15;/h3-9,12-13,24H,2,10-11H2,1H3,(H2,21,23)(H,25,27);1H. The van der Waals surface area contributed by atoms with E-state index in [4.69, 9.17) is 10.5 Å². The van der Waals surface area contributed by atoms with Gasteiger partial charge in [-0.25, -0.2) is 23.1 Å². The van der Waals surface area contributed by atoms with Crippen molar-refractivity contribution in [3.63, 3.8) is 0 Å². The summed E-state index contributed by atoms with van der Waals surface area (Å²) >= 11 is 0. The highest BCUT2D eigenvalue weighted by molar-refractivity contribution is 7.89. The van der Waals surface area contributed by atoms with Gasteiger partial charge in [0, 0.05) is 24.9 Å². The van der Waals surface area contributed by atoms with E-state index in [0.717, 1.165) is 0 Å². The van der Waals surface area contributed by atoms with Gasteiger partial charge in [0.15, 0.2) is 11.5 Å². The number of nitrogen functional groups attached to an aromatic ring is 1. The topological polar surface area (TPSA) is 149 Å². The second-order valence-electron chi connectivity index (χ2n) is 6.30. The van der Waals surface area contributed by atoms with Crippen molar-refractivity contribution in [3.05, 3.63) is 60.7 Å². The molecule has 0 aliphatic rings. The van der Waals surface area contributed by atoms with E-state index in [1.54, 1.807) is 30.5 Å². The van der Waals surface area contributed by atoms with Crippen LogP contribution in [0.15, 0.2) is 59.9 Å². The molecule has 0 atom stereocenters. The molecule has 0 bridgehead atoms. The normalized spacial score (nSPS) is 10.9. The summed E-state index contributed by atoms with van der Waals surface area (Å²) in [6.45, 7) is 2.82. The van der Waals surface area contributed by atoms with Crippen molar-refractivity contribution in [2.75, 3.05) is 30.8 Å². The zero-order chi connectivity index (χ0) is 22.3. The maximum Gasteiger partial charge on any atom is 0.278 e. The van der Waals surface area contributed by atoms with Crippen molar-refractivity contribution in [3.8, 4) is 11.3 Å². The minimum atomic E-state index is -3.66. The van der Waals surface area contributed by atoms with Crippen LogP contribution in [0.5, 0.6) is 0 Å². The van der Waals surface area contributed by atoms with Gasteiger partial charge in [-0.1, -0.05) is 12.1 Å². The molecule has 1 aromatic carbocycles. The number of nitrogens with two attached hydrogens (primary N) is 1. The highest BCUT2D eigenvalue weighted by Crippen LogP contribution is 2.21. The highest BCUT2D eigenvalue weighted by Gasteiger charge is 2.17. The number of amides is 1. The van der Waals surface area contributed by atoms with Crippen LogP contribution in [0, 0.1) is 0 Å². The number of rotatable bonds is 9. The van der Waals surface area contributed by atoms with Gasteiger partial charge in [-0.3, -0.25) is 9.78 Å². The van der Waals surface area contributed by atoms with Gasteiger partial charge < -0.3 is 15.8 Å². The summed E-state index contributed by atoms with van der Waals surface area (Å²) in [6, 6.07) is 9.43. The average molecular weight is 479 g/mol. The zero-order valence-electron chi connectivity index (χ0n) is 17.2. The molecule has 10 nitrogen and oxygen atoms in total. The molecule has 4 N–H and O–H groups in total. The first-order valence-corrected chi connectivity index (χ1v) is 10.9. The quantitative estimate of drug-likeness (QED) is 0.396. The first kappa shape index (κ1) is 25.1. The number of carbonyl (C=O) groups is 1. The average Bonchev–Trinajstić information content (AvgIpc) is 2.78. The van der Waals surface area contributed by atoms with Crippen LogP contribution in [-0.4, -0.2) is 49.0 Å². The summed E-state index contributed by atoms with van der Waals surface area (Å²) in [5.41, 5.74) is 7.22. The molecule has 0 radical (unpaired) electrons. The maximum atomic E-state index is 12.5. The summed E-state index contributed by atoms with van der Waals surface area (Å²) in [5.74, 6) is -0.555. The van der Waals surface area contributed by atoms with Crippen LogP contribution in [0.1, 0.15) is 17.4 Å². The van der Waals surface area contributed by atoms with Crippen LogP contribution in [0.4, 0.5) is 11.5 Å². The van der Waals surface area contributed by atoms with E-state index in [1.165, 1.54) is 24.5 Å². The first-order chi connectivity index (χ1) is 14.9. The summed E-state index contributed by atoms with van der Waals surface area (Å²) in [4.78, 5) is 24.9. The maximum absolute atomic E-state index is 12.5. The summed E-state index contributed by atoms with van der Waals surface area (Å²) in [6.07, 6.45) is 4.50. The van der Waals surface area contributed by atoms with Crippen LogP contribution in [0.25, 0.3) is 11.3 Å². The number of hydrogen-bond donors (Lipinski definition) is 3. The molecule has 1 amide bonds. The van der Waals surface area contributed by atoms with Gasteiger partial charge in [-0.05, 0) is 31.2 Å². The fourth-order valence-electron chi connectivity index (χ4n) is 2.61.